The van der Waals surface area contributed by atoms with Crippen molar-refractivity contribution in [2.75, 3.05) is 31.2 Å². The summed E-state index contributed by atoms with van der Waals surface area (Å²) in [6, 6.07) is 0. The molecule has 3 aliphatic rings. The van der Waals surface area contributed by atoms with Crippen LogP contribution in [0.25, 0.3) is 0 Å². The quantitative estimate of drug-likeness (QED) is 0.807. The van der Waals surface area contributed by atoms with E-state index < -0.39 is 11.4 Å². The van der Waals surface area contributed by atoms with Crippen molar-refractivity contribution < 1.29 is 14.3 Å². The fraction of sp³-hybridized carbons (Fsp3) is 0.737. The molecule has 1 aliphatic heterocycles. The normalized spacial score (nSPS) is 24.9. The van der Waals surface area contributed by atoms with E-state index in [1.807, 2.05) is 0 Å². The van der Waals surface area contributed by atoms with Gasteiger partial charge in [-0.05, 0) is 25.7 Å². The summed E-state index contributed by atoms with van der Waals surface area (Å²) >= 11 is 1.75. The van der Waals surface area contributed by atoms with E-state index >= 15 is 0 Å². The Morgan fingerprint density at radius 2 is 1.96 bits per heavy atom. The Kier molecular flexibility index (Phi) is 5.36. The van der Waals surface area contributed by atoms with Crippen molar-refractivity contribution >= 4 is 28.3 Å². The van der Waals surface area contributed by atoms with Crippen LogP contribution in [0.4, 0.5) is 5.13 Å². The number of amides is 2. The molecule has 2 aliphatic carbocycles. The van der Waals surface area contributed by atoms with Gasteiger partial charge in [0.25, 0.3) is 0 Å². The molecule has 27 heavy (non-hydrogen) atoms. The molecular weight excluding hydrogens is 364 g/mol. The van der Waals surface area contributed by atoms with Gasteiger partial charge in [0.2, 0.25) is 11.8 Å². The van der Waals surface area contributed by atoms with Gasteiger partial charge in [-0.1, -0.05) is 19.3 Å². The lowest BCUT2D eigenvalue weighted by atomic mass is 9.80. The van der Waals surface area contributed by atoms with E-state index in [4.69, 9.17) is 15.5 Å². The highest BCUT2D eigenvalue weighted by molar-refractivity contribution is 7.15. The van der Waals surface area contributed by atoms with E-state index in [1.54, 1.807) is 11.3 Å². The highest BCUT2D eigenvalue weighted by atomic mass is 32.1. The van der Waals surface area contributed by atoms with Crippen LogP contribution in [0.3, 0.4) is 0 Å². The number of nitrogens with one attached hydrogen (secondary N) is 1. The first-order chi connectivity index (χ1) is 13.1. The van der Waals surface area contributed by atoms with E-state index in [2.05, 4.69) is 10.2 Å². The number of carbonyl (C=O) groups excluding carboxylic acids is 2. The predicted molar refractivity (Wildman–Crippen MR) is 104 cm³/mol. The van der Waals surface area contributed by atoms with Crippen LogP contribution in [-0.4, -0.2) is 48.6 Å². The summed E-state index contributed by atoms with van der Waals surface area (Å²) in [6.07, 6.45) is 6.61. The molecule has 0 spiro atoms. The fourth-order valence-electron chi connectivity index (χ4n) is 4.41. The molecule has 0 aromatic carbocycles. The first kappa shape index (κ1) is 18.7. The average Bonchev–Trinajstić information content (AvgIpc) is 3.12. The minimum atomic E-state index is -0.851. The lowest BCUT2D eigenvalue weighted by molar-refractivity contribution is -0.135. The number of aromatic nitrogens is 1. The molecule has 0 radical (unpaired) electrons. The molecule has 148 valence electrons. The number of primary amides is 1. The molecular formula is C19H28N4O3S. The molecule has 0 bridgehead atoms. The van der Waals surface area contributed by atoms with Gasteiger partial charge in [-0.15, -0.1) is 11.3 Å². The molecule has 1 saturated carbocycles. The topological polar surface area (TPSA) is 97.5 Å². The highest BCUT2D eigenvalue weighted by Crippen LogP contribution is 2.35. The first-order valence-corrected chi connectivity index (χ1v) is 10.8. The molecule has 2 fully saturated rings. The summed E-state index contributed by atoms with van der Waals surface area (Å²) in [6.45, 7) is 3.23. The van der Waals surface area contributed by atoms with Gasteiger partial charge in [0, 0.05) is 30.3 Å². The number of hydrogen-bond acceptors (Lipinski definition) is 6. The number of nitrogens with two attached hydrogens (primary N) is 1. The summed E-state index contributed by atoms with van der Waals surface area (Å²) in [4.78, 5) is 33.4. The Hall–Kier alpha value is -1.67. The van der Waals surface area contributed by atoms with Crippen LogP contribution >= 0.6 is 11.3 Å². The van der Waals surface area contributed by atoms with Crippen LogP contribution in [0.15, 0.2) is 0 Å². The van der Waals surface area contributed by atoms with Crippen LogP contribution in [-0.2, 0) is 27.2 Å². The van der Waals surface area contributed by atoms with Gasteiger partial charge in [-0.25, -0.2) is 4.98 Å². The second-order valence-corrected chi connectivity index (χ2v) is 8.96. The third-order valence-electron chi connectivity index (χ3n) is 6.12. The van der Waals surface area contributed by atoms with Crippen LogP contribution in [0, 0.1) is 5.92 Å². The molecule has 1 aromatic rings. The second-order valence-electron chi connectivity index (χ2n) is 7.90. The van der Waals surface area contributed by atoms with Gasteiger partial charge < -0.3 is 20.7 Å². The number of carbonyl (C=O) groups is 2. The Bertz CT molecular complexity index is 708. The van der Waals surface area contributed by atoms with Crippen molar-refractivity contribution in [2.24, 2.45) is 11.7 Å². The lowest BCUT2D eigenvalue weighted by Gasteiger charge is -2.36. The second kappa shape index (κ2) is 7.75. The van der Waals surface area contributed by atoms with Crippen LogP contribution in [0.2, 0.25) is 0 Å². The molecule has 8 heteroatoms. The number of fused-ring (bicyclic) bond motifs is 1. The summed E-state index contributed by atoms with van der Waals surface area (Å²) < 4.78 is 5.42. The number of aryl methyl sites for hydroxylation is 1. The maximum Gasteiger partial charge on any atom is 0.243 e. The summed E-state index contributed by atoms with van der Waals surface area (Å²) in [5.41, 5.74) is 5.86. The highest BCUT2D eigenvalue weighted by Gasteiger charge is 2.41. The maximum atomic E-state index is 12.9. The minimum absolute atomic E-state index is 0.0396. The zero-order chi connectivity index (χ0) is 18.9. The maximum absolute atomic E-state index is 12.9. The molecule has 3 N–H and O–H groups in total. The molecule has 2 heterocycles. The van der Waals surface area contributed by atoms with Crippen molar-refractivity contribution in [1.82, 2.24) is 10.3 Å². The van der Waals surface area contributed by atoms with Crippen molar-refractivity contribution in [3.63, 3.8) is 0 Å². The molecule has 1 unspecified atom stereocenters. The van der Waals surface area contributed by atoms with Gasteiger partial charge in [0.1, 0.15) is 5.54 Å². The smallest absolute Gasteiger partial charge is 0.243 e. The zero-order valence-corrected chi connectivity index (χ0v) is 16.5. The van der Waals surface area contributed by atoms with Crippen molar-refractivity contribution in [2.45, 2.75) is 56.9 Å². The molecule has 1 saturated heterocycles. The largest absolute Gasteiger partial charge is 0.378 e. The number of anilines is 1. The van der Waals surface area contributed by atoms with Crippen molar-refractivity contribution in [3.05, 3.63) is 10.6 Å². The number of nitrogens with zero attached hydrogens (tertiary/aromatic N) is 2. The van der Waals surface area contributed by atoms with Crippen LogP contribution in [0.5, 0.6) is 0 Å². The predicted octanol–water partition coefficient (Wildman–Crippen LogP) is 1.39. The summed E-state index contributed by atoms with van der Waals surface area (Å²) in [5, 5.41) is 4.08. The number of thiazole rings is 1. The standard InChI is InChI=1S/C19H28N4O3S/c20-17(25)19(6-2-1-3-7-19)22-16(24)13-4-5-15-14(12-13)21-18(27-15)23-8-10-26-11-9-23/h13H,1-12H2,(H2,20,25)(H,22,24). The monoisotopic (exact) mass is 392 g/mol. The van der Waals surface area contributed by atoms with Gasteiger partial charge in [0.05, 0.1) is 18.9 Å². The Balaban J connectivity index is 1.43. The van der Waals surface area contributed by atoms with Gasteiger partial charge in [0.15, 0.2) is 5.13 Å². The molecule has 1 aromatic heterocycles. The van der Waals surface area contributed by atoms with E-state index in [1.165, 1.54) is 4.88 Å². The molecule has 4 rings (SSSR count). The number of hydrogen-bond donors (Lipinski definition) is 2. The Morgan fingerprint density at radius 1 is 1.22 bits per heavy atom. The number of morpholine rings is 1. The average molecular weight is 393 g/mol. The first-order valence-electron chi connectivity index (χ1n) is 10.0. The van der Waals surface area contributed by atoms with Crippen molar-refractivity contribution in [3.8, 4) is 0 Å². The van der Waals surface area contributed by atoms with Gasteiger partial charge in [-0.2, -0.15) is 0 Å². The molecule has 1 atom stereocenters. The third kappa shape index (κ3) is 3.82. The van der Waals surface area contributed by atoms with Gasteiger partial charge in [-0.3, -0.25) is 9.59 Å². The van der Waals surface area contributed by atoms with Crippen molar-refractivity contribution in [1.29, 1.82) is 0 Å². The summed E-state index contributed by atoms with van der Waals surface area (Å²) in [5.74, 6) is -0.562. The SMILES string of the molecule is NC(=O)C1(NC(=O)C2CCc3sc(N4CCOCC4)nc3C2)CCCCC1. The van der Waals surface area contributed by atoms with Crippen LogP contribution < -0.4 is 16.0 Å². The Morgan fingerprint density at radius 3 is 2.67 bits per heavy atom. The fourth-order valence-corrected chi connectivity index (χ4v) is 5.56. The lowest BCUT2D eigenvalue weighted by Crippen LogP contribution is -2.59. The molecule has 2 amide bonds. The van der Waals surface area contributed by atoms with E-state index in [0.29, 0.717) is 19.3 Å². The Labute approximate surface area is 163 Å². The van der Waals surface area contributed by atoms with Gasteiger partial charge >= 0.3 is 0 Å². The van der Waals surface area contributed by atoms with E-state index in [9.17, 15) is 9.59 Å². The molecule has 7 nitrogen and oxygen atoms in total. The number of ether oxygens (including phenoxy) is 1. The van der Waals surface area contributed by atoms with E-state index in [-0.39, 0.29) is 11.8 Å². The summed E-state index contributed by atoms with van der Waals surface area (Å²) in [7, 11) is 0. The minimum Gasteiger partial charge on any atom is -0.378 e. The number of rotatable bonds is 4. The van der Waals surface area contributed by atoms with E-state index in [0.717, 1.165) is 69.2 Å². The third-order valence-corrected chi connectivity index (χ3v) is 7.34. The zero-order valence-electron chi connectivity index (χ0n) is 15.7. The van der Waals surface area contributed by atoms with Crippen LogP contribution in [0.1, 0.15) is 49.1 Å².